The van der Waals surface area contributed by atoms with E-state index in [1.54, 1.807) is 12.1 Å². The highest BCUT2D eigenvalue weighted by atomic mass is 32.2. The summed E-state index contributed by atoms with van der Waals surface area (Å²) in [7, 11) is 0. The summed E-state index contributed by atoms with van der Waals surface area (Å²) >= 11 is -2.24. The maximum Gasteiger partial charge on any atom is 0.586 e. The van der Waals surface area contributed by atoms with Crippen LogP contribution in [-0.2, 0) is 11.3 Å². The molecule has 0 amide bonds. The third kappa shape index (κ3) is 4.12. The van der Waals surface area contributed by atoms with Crippen LogP contribution in [0.4, 0.5) is 8.78 Å². The van der Waals surface area contributed by atoms with E-state index in [2.05, 4.69) is 14.2 Å². The number of alkyl halides is 2. The Morgan fingerprint density at radius 3 is 2.56 bits per heavy atom. The number of benzene rings is 2. The lowest BCUT2D eigenvalue weighted by molar-refractivity contribution is -0.286. The van der Waals surface area contributed by atoms with Crippen molar-refractivity contribution in [1.82, 2.24) is 4.72 Å². The minimum absolute atomic E-state index is 0.0288. The monoisotopic (exact) mass is 394 g/mol. The van der Waals surface area contributed by atoms with E-state index in [-0.39, 0.29) is 17.5 Å². The van der Waals surface area contributed by atoms with Gasteiger partial charge in [-0.15, -0.1) is 8.78 Å². The van der Waals surface area contributed by atoms with Gasteiger partial charge in [0.2, 0.25) is 0 Å². The summed E-state index contributed by atoms with van der Waals surface area (Å²) in [5.74, 6) is 0.956. The van der Waals surface area contributed by atoms with E-state index in [4.69, 9.17) is 0 Å². The zero-order chi connectivity index (χ0) is 19.2. The molecule has 27 heavy (non-hydrogen) atoms. The molecule has 1 fully saturated rings. The first-order chi connectivity index (χ1) is 12.8. The summed E-state index contributed by atoms with van der Waals surface area (Å²) in [6.07, 6.45) is -1.77. The number of hydrogen-bond donors (Lipinski definition) is 1. The fraction of sp³-hybridized carbons (Fsp3) is 0.368. The second-order valence-electron chi connectivity index (χ2n) is 7.04. The van der Waals surface area contributed by atoms with Gasteiger partial charge < -0.3 is 14.0 Å². The van der Waals surface area contributed by atoms with Crippen LogP contribution >= 0.6 is 0 Å². The van der Waals surface area contributed by atoms with Gasteiger partial charge in [0, 0.05) is 17.3 Å². The predicted molar refractivity (Wildman–Crippen MR) is 95.1 cm³/mol. The van der Waals surface area contributed by atoms with Crippen molar-refractivity contribution in [2.45, 2.75) is 38.0 Å². The molecule has 2 aromatic rings. The van der Waals surface area contributed by atoms with Crippen LogP contribution in [0.1, 0.15) is 31.2 Å². The molecule has 0 spiro atoms. The predicted octanol–water partition coefficient (Wildman–Crippen LogP) is 3.94. The largest absolute Gasteiger partial charge is 0.760 e. The van der Waals surface area contributed by atoms with Gasteiger partial charge in [0.05, 0.1) is 0 Å². The minimum atomic E-state index is -3.61. The van der Waals surface area contributed by atoms with Crippen LogP contribution in [0.5, 0.6) is 11.5 Å². The maximum atomic E-state index is 13.1. The summed E-state index contributed by atoms with van der Waals surface area (Å²) in [4.78, 5) is 0. The second-order valence-corrected chi connectivity index (χ2v) is 7.75. The Kier molecular flexibility index (Phi) is 4.65. The highest BCUT2D eigenvalue weighted by molar-refractivity contribution is 7.77. The van der Waals surface area contributed by atoms with E-state index >= 15 is 0 Å². The fourth-order valence-corrected chi connectivity index (χ4v) is 4.06. The van der Waals surface area contributed by atoms with E-state index in [1.807, 2.05) is 31.2 Å². The quantitative estimate of drug-likeness (QED) is 0.754. The van der Waals surface area contributed by atoms with Crippen molar-refractivity contribution >= 4 is 11.3 Å². The lowest BCUT2D eigenvalue weighted by Gasteiger charge is -2.15. The molecule has 0 bridgehead atoms. The molecule has 5 nitrogen and oxygen atoms in total. The standard InChI is InChI=1S/C19H19F2NO4S/c1-11(22-27(23)24)8-15-9-16(15)13-4-2-12(3-5-13)14-6-7-17-18(10-14)26-19(20,21)25-17/h2-7,10-11,15-16,22H,8-9H2,1H3,(H,23,24)/p-1. The van der Waals surface area contributed by atoms with Crippen molar-refractivity contribution in [1.29, 1.82) is 0 Å². The topological polar surface area (TPSA) is 70.6 Å². The van der Waals surface area contributed by atoms with Crippen LogP contribution in [0, 0.1) is 5.92 Å². The molecule has 1 saturated carbocycles. The number of halogens is 2. The van der Waals surface area contributed by atoms with E-state index in [0.29, 0.717) is 11.8 Å². The van der Waals surface area contributed by atoms with E-state index in [9.17, 15) is 17.5 Å². The van der Waals surface area contributed by atoms with Gasteiger partial charge in [-0.2, -0.15) is 0 Å². The Hall–Kier alpha value is -2.03. The van der Waals surface area contributed by atoms with Crippen LogP contribution in [-0.4, -0.2) is 21.1 Å². The van der Waals surface area contributed by atoms with Gasteiger partial charge in [-0.25, -0.2) is 4.72 Å². The maximum absolute atomic E-state index is 13.1. The summed E-state index contributed by atoms with van der Waals surface area (Å²) in [6.45, 7) is 1.86. The van der Waals surface area contributed by atoms with Gasteiger partial charge in [-0.05, 0) is 60.4 Å². The molecule has 144 valence electrons. The molecule has 4 rings (SSSR count). The minimum Gasteiger partial charge on any atom is -0.760 e. The second kappa shape index (κ2) is 6.85. The highest BCUT2D eigenvalue weighted by Crippen LogP contribution is 2.50. The van der Waals surface area contributed by atoms with Crippen molar-refractivity contribution in [3.8, 4) is 22.6 Å². The number of ether oxygens (including phenoxy) is 2. The molecule has 4 atom stereocenters. The van der Waals surface area contributed by atoms with E-state index in [1.165, 1.54) is 11.6 Å². The first-order valence-electron chi connectivity index (χ1n) is 8.66. The Labute approximate surface area is 158 Å². The van der Waals surface area contributed by atoms with Crippen molar-refractivity contribution in [3.63, 3.8) is 0 Å². The number of fused-ring (bicyclic) bond motifs is 1. The molecule has 2 aromatic carbocycles. The molecule has 0 saturated heterocycles. The molecule has 1 aliphatic heterocycles. The van der Waals surface area contributed by atoms with Crippen LogP contribution in [0.3, 0.4) is 0 Å². The molecular weight excluding hydrogens is 376 g/mol. The Morgan fingerprint density at radius 2 is 1.85 bits per heavy atom. The van der Waals surface area contributed by atoms with Gasteiger partial charge >= 0.3 is 6.29 Å². The Bertz CT molecular complexity index is 875. The van der Waals surface area contributed by atoms with Crippen LogP contribution < -0.4 is 14.2 Å². The van der Waals surface area contributed by atoms with Gasteiger partial charge in [-0.1, -0.05) is 30.3 Å². The molecule has 1 aliphatic carbocycles. The first kappa shape index (κ1) is 18.3. The molecule has 1 heterocycles. The number of rotatable bonds is 6. The molecule has 0 radical (unpaired) electrons. The fourth-order valence-electron chi connectivity index (χ4n) is 3.63. The zero-order valence-corrected chi connectivity index (χ0v) is 15.3. The summed E-state index contributed by atoms with van der Waals surface area (Å²) < 4.78 is 59.0. The van der Waals surface area contributed by atoms with E-state index < -0.39 is 17.6 Å². The van der Waals surface area contributed by atoms with Crippen molar-refractivity contribution < 1.29 is 27.0 Å². The lowest BCUT2D eigenvalue weighted by Crippen LogP contribution is -2.28. The smallest absolute Gasteiger partial charge is 0.586 e. The van der Waals surface area contributed by atoms with Crippen LogP contribution in [0.2, 0.25) is 0 Å². The summed E-state index contributed by atoms with van der Waals surface area (Å²) in [6, 6.07) is 12.6. The number of hydrogen-bond acceptors (Lipinski definition) is 4. The molecular formula is C19H18F2NO4S-. The van der Waals surface area contributed by atoms with E-state index in [0.717, 1.165) is 24.0 Å². The van der Waals surface area contributed by atoms with Crippen LogP contribution in [0.25, 0.3) is 11.1 Å². The normalized spacial score (nSPS) is 24.4. The summed E-state index contributed by atoms with van der Waals surface area (Å²) in [5, 5.41) is 0. The molecule has 0 aromatic heterocycles. The molecule has 1 N–H and O–H groups in total. The average Bonchev–Trinajstić information content (AvgIpc) is 3.26. The molecule has 8 heteroatoms. The van der Waals surface area contributed by atoms with Crippen LogP contribution in [0.15, 0.2) is 42.5 Å². The SMILES string of the molecule is CC(CC1CC1c1ccc(-c2ccc3c(c2)OC(F)(F)O3)cc1)NS(=O)[O-]. The molecule has 4 unspecified atom stereocenters. The molecule has 2 aliphatic rings. The summed E-state index contributed by atoms with van der Waals surface area (Å²) in [5.41, 5.74) is 2.87. The van der Waals surface area contributed by atoms with Gasteiger partial charge in [-0.3, -0.25) is 4.21 Å². The van der Waals surface area contributed by atoms with Gasteiger partial charge in [0.15, 0.2) is 11.5 Å². The average molecular weight is 394 g/mol. The first-order valence-corrected chi connectivity index (χ1v) is 9.74. The van der Waals surface area contributed by atoms with Crippen molar-refractivity contribution in [2.75, 3.05) is 0 Å². The third-order valence-corrected chi connectivity index (χ3v) is 5.54. The third-order valence-electron chi connectivity index (χ3n) is 4.95. The Balaban J connectivity index is 1.42. The Morgan fingerprint density at radius 1 is 1.19 bits per heavy atom. The van der Waals surface area contributed by atoms with Crippen molar-refractivity contribution in [2.24, 2.45) is 5.92 Å². The lowest BCUT2D eigenvalue weighted by atomic mass is 10.0. The van der Waals surface area contributed by atoms with Crippen molar-refractivity contribution in [3.05, 3.63) is 48.0 Å². The van der Waals surface area contributed by atoms with Gasteiger partial charge in [0.25, 0.3) is 0 Å². The highest BCUT2D eigenvalue weighted by Gasteiger charge is 2.43. The zero-order valence-electron chi connectivity index (χ0n) is 14.5. The van der Waals surface area contributed by atoms with Gasteiger partial charge in [0.1, 0.15) is 0 Å². The number of nitrogens with one attached hydrogen (secondary N) is 1.